The van der Waals surface area contributed by atoms with Gasteiger partial charge in [0.1, 0.15) is 6.04 Å². The smallest absolute Gasteiger partial charge is 0.242 e. The van der Waals surface area contributed by atoms with E-state index in [1.54, 1.807) is 32.1 Å². The first-order valence-corrected chi connectivity index (χ1v) is 8.13. The number of carbonyl (C=O) groups excluding carboxylic acids is 1. The third kappa shape index (κ3) is 4.07. The number of benzene rings is 1. The minimum Gasteiger partial charge on any atom is -0.493 e. The van der Waals surface area contributed by atoms with Gasteiger partial charge in [0.05, 0.1) is 24.9 Å². The zero-order valence-corrected chi connectivity index (χ0v) is 15.7. The lowest BCUT2D eigenvalue weighted by molar-refractivity contribution is -0.123. The highest BCUT2D eigenvalue weighted by molar-refractivity contribution is 9.10. The summed E-state index contributed by atoms with van der Waals surface area (Å²) >= 11 is 3.45. The average molecular weight is 397 g/mol. The van der Waals surface area contributed by atoms with Gasteiger partial charge in [-0.15, -0.1) is 0 Å². The maximum absolute atomic E-state index is 12.4. The molecular weight excluding hydrogens is 376 g/mol. The second kappa shape index (κ2) is 8.16. The average Bonchev–Trinajstić information content (AvgIpc) is 2.99. The number of aryl methyl sites for hydroxylation is 1. The maximum atomic E-state index is 12.4. The van der Waals surface area contributed by atoms with Gasteiger partial charge in [0.15, 0.2) is 11.5 Å². The van der Waals surface area contributed by atoms with Crippen LogP contribution in [0, 0.1) is 0 Å². The standard InChI is InChI=1S/C16H21BrN4O3/c1-18-14(11-8-20-21(2)9-11)16(22)19-7-10-5-12(17)15(24-4)13(6-10)23-3/h5-6,8-9,14,18H,7H2,1-4H3,(H,19,22). The fraction of sp³-hybridized carbons (Fsp3) is 0.375. The Labute approximate surface area is 149 Å². The van der Waals surface area contributed by atoms with Crippen molar-refractivity contribution in [1.29, 1.82) is 0 Å². The highest BCUT2D eigenvalue weighted by Crippen LogP contribution is 2.36. The summed E-state index contributed by atoms with van der Waals surface area (Å²) in [6, 6.07) is 3.27. The molecule has 1 heterocycles. The van der Waals surface area contributed by atoms with Gasteiger partial charge in [0.25, 0.3) is 0 Å². The zero-order valence-electron chi connectivity index (χ0n) is 14.1. The van der Waals surface area contributed by atoms with E-state index in [0.717, 1.165) is 15.6 Å². The molecule has 0 radical (unpaired) electrons. The summed E-state index contributed by atoms with van der Waals surface area (Å²) < 4.78 is 13.0. The van der Waals surface area contributed by atoms with Crippen LogP contribution in [0.25, 0.3) is 0 Å². The van der Waals surface area contributed by atoms with Gasteiger partial charge in [0.2, 0.25) is 5.91 Å². The van der Waals surface area contributed by atoms with Gasteiger partial charge in [-0.05, 0) is 40.7 Å². The molecule has 0 aliphatic heterocycles. The van der Waals surface area contributed by atoms with Crippen LogP contribution in [-0.2, 0) is 18.4 Å². The minimum atomic E-state index is -0.456. The van der Waals surface area contributed by atoms with Crippen LogP contribution in [-0.4, -0.2) is 37.0 Å². The van der Waals surface area contributed by atoms with Crippen molar-refractivity contribution in [3.8, 4) is 11.5 Å². The van der Waals surface area contributed by atoms with E-state index in [9.17, 15) is 4.79 Å². The topological polar surface area (TPSA) is 77.4 Å². The first kappa shape index (κ1) is 18.3. The second-order valence-corrected chi connectivity index (χ2v) is 6.05. The number of nitrogens with one attached hydrogen (secondary N) is 2. The molecule has 0 aliphatic rings. The summed E-state index contributed by atoms with van der Waals surface area (Å²) in [5, 5.41) is 10.0. The molecule has 0 saturated heterocycles. The number of hydrogen-bond acceptors (Lipinski definition) is 5. The largest absolute Gasteiger partial charge is 0.493 e. The number of halogens is 1. The van der Waals surface area contributed by atoms with Gasteiger partial charge in [-0.3, -0.25) is 9.48 Å². The molecular formula is C16H21BrN4O3. The number of hydrogen-bond donors (Lipinski definition) is 2. The molecule has 1 aromatic heterocycles. The summed E-state index contributed by atoms with van der Waals surface area (Å²) in [5.41, 5.74) is 1.71. The van der Waals surface area contributed by atoms with E-state index in [-0.39, 0.29) is 5.91 Å². The van der Waals surface area contributed by atoms with E-state index in [2.05, 4.69) is 31.7 Å². The van der Waals surface area contributed by atoms with E-state index in [1.165, 1.54) is 0 Å². The summed E-state index contributed by atoms with van der Waals surface area (Å²) in [5.74, 6) is 1.10. The number of nitrogens with zero attached hydrogens (tertiary/aromatic N) is 2. The lowest BCUT2D eigenvalue weighted by Crippen LogP contribution is -2.35. The fourth-order valence-corrected chi connectivity index (χ4v) is 3.05. The number of aromatic nitrogens is 2. The van der Waals surface area contributed by atoms with Gasteiger partial charge in [-0.1, -0.05) is 0 Å². The van der Waals surface area contributed by atoms with Gasteiger partial charge < -0.3 is 20.1 Å². The molecule has 2 rings (SSSR count). The van der Waals surface area contributed by atoms with Crippen molar-refractivity contribution in [2.24, 2.45) is 7.05 Å². The molecule has 130 valence electrons. The van der Waals surface area contributed by atoms with E-state index in [0.29, 0.717) is 18.0 Å². The van der Waals surface area contributed by atoms with Crippen LogP contribution < -0.4 is 20.1 Å². The number of methoxy groups -OCH3 is 2. The SMILES string of the molecule is CNC(C(=O)NCc1cc(Br)c(OC)c(OC)c1)c1cnn(C)c1. The number of carbonyl (C=O) groups is 1. The third-order valence-electron chi connectivity index (χ3n) is 3.57. The second-order valence-electron chi connectivity index (χ2n) is 5.20. The molecule has 24 heavy (non-hydrogen) atoms. The highest BCUT2D eigenvalue weighted by Gasteiger charge is 2.20. The predicted octanol–water partition coefficient (Wildman–Crippen LogP) is 1.78. The first-order valence-electron chi connectivity index (χ1n) is 7.34. The van der Waals surface area contributed by atoms with Gasteiger partial charge in [-0.2, -0.15) is 5.10 Å². The third-order valence-corrected chi connectivity index (χ3v) is 4.16. The fourth-order valence-electron chi connectivity index (χ4n) is 2.40. The van der Waals surface area contributed by atoms with Crippen molar-refractivity contribution in [3.63, 3.8) is 0 Å². The Kier molecular flexibility index (Phi) is 6.22. The summed E-state index contributed by atoms with van der Waals surface area (Å²) in [7, 11) is 6.71. The molecule has 8 heteroatoms. The molecule has 1 atom stereocenters. The highest BCUT2D eigenvalue weighted by atomic mass is 79.9. The van der Waals surface area contributed by atoms with Crippen LogP contribution in [0.2, 0.25) is 0 Å². The Morgan fingerprint density at radius 3 is 2.67 bits per heavy atom. The Hall–Kier alpha value is -2.06. The van der Waals surface area contributed by atoms with Crippen LogP contribution >= 0.6 is 15.9 Å². The Bertz CT molecular complexity index is 717. The van der Waals surface area contributed by atoms with E-state index < -0.39 is 6.04 Å². The molecule has 1 aromatic carbocycles. The summed E-state index contributed by atoms with van der Waals surface area (Å²) in [6.45, 7) is 0.371. The number of rotatable bonds is 7. The van der Waals surface area contributed by atoms with Crippen LogP contribution in [0.3, 0.4) is 0 Å². The van der Waals surface area contributed by atoms with Crippen LogP contribution in [0.5, 0.6) is 11.5 Å². The van der Waals surface area contributed by atoms with Crippen molar-refractivity contribution in [2.45, 2.75) is 12.6 Å². The van der Waals surface area contributed by atoms with Gasteiger partial charge in [0, 0.05) is 25.4 Å². The maximum Gasteiger partial charge on any atom is 0.242 e. The molecule has 0 aliphatic carbocycles. The predicted molar refractivity (Wildman–Crippen MR) is 94.1 cm³/mol. The number of amides is 1. The molecule has 0 saturated carbocycles. The van der Waals surface area contributed by atoms with E-state index in [4.69, 9.17) is 9.47 Å². The quantitative estimate of drug-likeness (QED) is 0.745. The Morgan fingerprint density at radius 2 is 2.12 bits per heavy atom. The molecule has 1 amide bonds. The normalized spacial score (nSPS) is 11.9. The van der Waals surface area contributed by atoms with E-state index in [1.807, 2.05) is 25.4 Å². The van der Waals surface area contributed by atoms with Crippen molar-refractivity contribution >= 4 is 21.8 Å². The lowest BCUT2D eigenvalue weighted by Gasteiger charge is -2.16. The van der Waals surface area contributed by atoms with Crippen LogP contribution in [0.1, 0.15) is 17.2 Å². The lowest BCUT2D eigenvalue weighted by atomic mass is 10.1. The van der Waals surface area contributed by atoms with Crippen molar-refractivity contribution in [2.75, 3.05) is 21.3 Å². The van der Waals surface area contributed by atoms with Crippen molar-refractivity contribution in [3.05, 3.63) is 40.1 Å². The Balaban J connectivity index is 2.09. The van der Waals surface area contributed by atoms with Gasteiger partial charge in [-0.25, -0.2) is 0 Å². The number of likely N-dealkylation sites (N-methyl/N-ethyl adjacent to an activating group) is 1. The molecule has 0 fully saturated rings. The summed E-state index contributed by atoms with van der Waals surface area (Å²) in [6.07, 6.45) is 3.49. The van der Waals surface area contributed by atoms with Crippen LogP contribution in [0.4, 0.5) is 0 Å². The molecule has 7 nitrogen and oxygen atoms in total. The first-order chi connectivity index (χ1) is 11.5. The summed E-state index contributed by atoms with van der Waals surface area (Å²) in [4.78, 5) is 12.4. The van der Waals surface area contributed by atoms with Crippen LogP contribution in [0.15, 0.2) is 29.0 Å². The molecule has 1 unspecified atom stereocenters. The molecule has 0 bridgehead atoms. The van der Waals surface area contributed by atoms with E-state index >= 15 is 0 Å². The molecule has 2 N–H and O–H groups in total. The molecule has 0 spiro atoms. The molecule has 2 aromatic rings. The minimum absolute atomic E-state index is 0.128. The van der Waals surface area contributed by atoms with Crippen molar-refractivity contribution < 1.29 is 14.3 Å². The Morgan fingerprint density at radius 1 is 1.38 bits per heavy atom. The van der Waals surface area contributed by atoms with Crippen molar-refractivity contribution in [1.82, 2.24) is 20.4 Å². The number of ether oxygens (including phenoxy) is 2. The van der Waals surface area contributed by atoms with Gasteiger partial charge >= 0.3 is 0 Å². The zero-order chi connectivity index (χ0) is 17.7. The monoisotopic (exact) mass is 396 g/mol.